The first-order chi connectivity index (χ1) is 19.3. The minimum Gasteiger partial charge on any atom is -0.339 e. The number of hydrogen-bond acceptors (Lipinski definition) is 6. The van der Waals surface area contributed by atoms with Crippen LogP contribution in [0, 0.1) is 19.7 Å². The van der Waals surface area contributed by atoms with E-state index in [0.717, 1.165) is 11.6 Å². The second kappa shape index (κ2) is 11.9. The summed E-state index contributed by atoms with van der Waals surface area (Å²) in [6.07, 6.45) is -4.81. The van der Waals surface area contributed by atoms with Crippen LogP contribution in [0.3, 0.4) is 0 Å². The molecule has 0 bridgehead atoms. The van der Waals surface area contributed by atoms with Crippen molar-refractivity contribution in [3.8, 4) is 0 Å². The Labute approximate surface area is 231 Å². The van der Waals surface area contributed by atoms with Crippen LogP contribution in [0.5, 0.6) is 0 Å². The number of amides is 2. The lowest BCUT2D eigenvalue weighted by molar-refractivity contribution is -0.202. The molecule has 0 N–H and O–H groups in total. The molecule has 2 aromatic carbocycles. The number of aromatic nitrogens is 2. The molecule has 1 aliphatic rings. The summed E-state index contributed by atoms with van der Waals surface area (Å²) >= 11 is 0. The zero-order chi connectivity index (χ0) is 29.9. The molecule has 0 spiro atoms. The summed E-state index contributed by atoms with van der Waals surface area (Å²) in [7, 11) is 0. The molecule has 0 aliphatic carbocycles. The number of piperazine rings is 1. The average molecular weight is 575 g/mol. The first kappa shape index (κ1) is 29.4. The lowest BCUT2D eigenvalue weighted by atomic mass is 10.0. The zero-order valence-corrected chi connectivity index (χ0v) is 22.2. The molecular formula is C28H26F4N4O5. The van der Waals surface area contributed by atoms with Crippen LogP contribution in [-0.4, -0.2) is 69.9 Å². The number of nitrogens with zero attached hydrogens (tertiary/aromatic N) is 4. The fourth-order valence-corrected chi connectivity index (χ4v) is 4.35. The van der Waals surface area contributed by atoms with Gasteiger partial charge in [0, 0.05) is 31.6 Å². The van der Waals surface area contributed by atoms with Crippen molar-refractivity contribution in [1.82, 2.24) is 19.7 Å². The molecule has 0 saturated carbocycles. The Balaban J connectivity index is 1.48. The van der Waals surface area contributed by atoms with Gasteiger partial charge in [-0.15, -0.1) is 5.10 Å². The summed E-state index contributed by atoms with van der Waals surface area (Å²) < 4.78 is 52.7. The average Bonchev–Trinajstić information content (AvgIpc) is 2.94. The third kappa shape index (κ3) is 6.79. The molecular weight excluding hydrogens is 548 g/mol. The quantitative estimate of drug-likeness (QED) is 0.403. The second-order valence-electron chi connectivity index (χ2n) is 9.59. The van der Waals surface area contributed by atoms with E-state index in [2.05, 4.69) is 9.94 Å². The van der Waals surface area contributed by atoms with Crippen LogP contribution < -0.4 is 10.4 Å². The van der Waals surface area contributed by atoms with Crippen LogP contribution >= 0.6 is 0 Å². The van der Waals surface area contributed by atoms with E-state index in [-0.39, 0.29) is 47.1 Å². The van der Waals surface area contributed by atoms with E-state index in [1.165, 1.54) is 30.9 Å². The fraction of sp³-hybridized carbons (Fsp3) is 0.321. The standard InChI is InChI=1S/C28H26F4N4O5/c1-17-18(2)25(38)36(41-27(40)28(30,31)32)33-23(17)15-20-8-9-22(29)21(14-20)26(39)35-13-12-34(24(37)16-35)11-10-19-6-4-3-5-7-19/h3-9,14H,10-13,15-16H2,1-2H3. The molecule has 41 heavy (non-hydrogen) atoms. The van der Waals surface area contributed by atoms with Gasteiger partial charge in [-0.3, -0.25) is 14.4 Å². The van der Waals surface area contributed by atoms with Crippen molar-refractivity contribution < 1.29 is 36.8 Å². The zero-order valence-electron chi connectivity index (χ0n) is 22.2. The summed E-state index contributed by atoms with van der Waals surface area (Å²) in [5, 5.41) is 3.75. The normalized spacial score (nSPS) is 13.9. The van der Waals surface area contributed by atoms with Gasteiger partial charge in [0.15, 0.2) is 0 Å². The van der Waals surface area contributed by atoms with Crippen molar-refractivity contribution in [3.63, 3.8) is 0 Å². The van der Waals surface area contributed by atoms with Gasteiger partial charge in [-0.05, 0) is 53.9 Å². The Hall–Kier alpha value is -4.55. The number of rotatable bonds is 7. The largest absolute Gasteiger partial charge is 0.493 e. The van der Waals surface area contributed by atoms with Crippen LogP contribution in [0.4, 0.5) is 17.6 Å². The maximum Gasteiger partial charge on any atom is 0.493 e. The first-order valence-corrected chi connectivity index (χ1v) is 12.6. The van der Waals surface area contributed by atoms with Gasteiger partial charge < -0.3 is 14.6 Å². The van der Waals surface area contributed by atoms with Crippen LogP contribution in [0.25, 0.3) is 0 Å². The van der Waals surface area contributed by atoms with Crippen LogP contribution in [-0.2, 0) is 22.4 Å². The smallest absolute Gasteiger partial charge is 0.339 e. The lowest BCUT2D eigenvalue weighted by Gasteiger charge is -2.34. The molecule has 4 rings (SSSR count). The van der Waals surface area contributed by atoms with Crippen LogP contribution in [0.2, 0.25) is 0 Å². The number of carbonyl (C=O) groups is 3. The summed E-state index contributed by atoms with van der Waals surface area (Å²) in [5.74, 6) is -4.39. The topological polar surface area (TPSA) is 102 Å². The Morgan fingerprint density at radius 3 is 2.34 bits per heavy atom. The molecule has 3 aromatic rings. The van der Waals surface area contributed by atoms with Crippen molar-refractivity contribution >= 4 is 17.8 Å². The predicted octanol–water partition coefficient (Wildman–Crippen LogP) is 2.63. The summed E-state index contributed by atoms with van der Waals surface area (Å²) in [4.78, 5) is 56.4. The van der Waals surface area contributed by atoms with Gasteiger partial charge >= 0.3 is 17.7 Å². The molecule has 13 heteroatoms. The van der Waals surface area contributed by atoms with Crippen molar-refractivity contribution in [2.24, 2.45) is 0 Å². The monoisotopic (exact) mass is 574 g/mol. The predicted molar refractivity (Wildman–Crippen MR) is 137 cm³/mol. The molecule has 0 unspecified atom stereocenters. The molecule has 2 amide bonds. The Morgan fingerprint density at radius 2 is 1.68 bits per heavy atom. The highest BCUT2D eigenvalue weighted by molar-refractivity contribution is 5.97. The number of alkyl halides is 3. The SMILES string of the molecule is Cc1c(Cc2ccc(F)c(C(=O)N3CCN(CCc4ccccc4)C(=O)C3)c2)nn(OC(=O)C(F)(F)F)c(=O)c1C. The van der Waals surface area contributed by atoms with E-state index in [1.807, 2.05) is 30.3 Å². The lowest BCUT2D eigenvalue weighted by Crippen LogP contribution is -2.52. The maximum absolute atomic E-state index is 14.7. The molecule has 1 saturated heterocycles. The van der Waals surface area contributed by atoms with Crippen LogP contribution in [0.15, 0.2) is 53.3 Å². The summed E-state index contributed by atoms with van der Waals surface area (Å²) in [6.45, 7) is 3.61. The highest BCUT2D eigenvalue weighted by Crippen LogP contribution is 2.20. The van der Waals surface area contributed by atoms with Gasteiger partial charge in [-0.2, -0.15) is 13.2 Å². The van der Waals surface area contributed by atoms with E-state index >= 15 is 0 Å². The van der Waals surface area contributed by atoms with Crippen molar-refractivity contribution in [2.45, 2.75) is 32.9 Å². The molecule has 9 nitrogen and oxygen atoms in total. The van der Waals surface area contributed by atoms with Crippen molar-refractivity contribution in [3.05, 3.63) is 98.2 Å². The van der Waals surface area contributed by atoms with Gasteiger partial charge in [-0.1, -0.05) is 36.4 Å². The Morgan fingerprint density at radius 1 is 0.976 bits per heavy atom. The van der Waals surface area contributed by atoms with Crippen LogP contribution in [0.1, 0.15) is 38.3 Å². The first-order valence-electron chi connectivity index (χ1n) is 12.6. The van der Waals surface area contributed by atoms with Gasteiger partial charge in [0.2, 0.25) is 5.91 Å². The van der Waals surface area contributed by atoms with E-state index in [9.17, 15) is 36.7 Å². The molecule has 2 heterocycles. The van der Waals surface area contributed by atoms with Gasteiger partial charge in [0.1, 0.15) is 12.4 Å². The minimum absolute atomic E-state index is 0.00738. The summed E-state index contributed by atoms with van der Waals surface area (Å²) in [6, 6.07) is 13.3. The van der Waals surface area contributed by atoms with Gasteiger partial charge in [0.05, 0.1) is 11.3 Å². The molecule has 1 fully saturated rings. The molecule has 0 radical (unpaired) electrons. The van der Waals surface area contributed by atoms with E-state index < -0.39 is 29.4 Å². The fourth-order valence-electron chi connectivity index (χ4n) is 4.35. The minimum atomic E-state index is -5.35. The number of hydrogen-bond donors (Lipinski definition) is 0. The maximum atomic E-state index is 14.7. The molecule has 1 aromatic heterocycles. The molecule has 216 valence electrons. The number of benzene rings is 2. The number of carbonyl (C=O) groups excluding carboxylic acids is 3. The van der Waals surface area contributed by atoms with E-state index in [4.69, 9.17) is 0 Å². The Bertz CT molecular complexity index is 1540. The second-order valence-corrected chi connectivity index (χ2v) is 9.59. The molecule has 1 aliphatic heterocycles. The van der Waals surface area contributed by atoms with Gasteiger partial charge in [0.25, 0.3) is 5.91 Å². The highest BCUT2D eigenvalue weighted by Gasteiger charge is 2.42. The van der Waals surface area contributed by atoms with E-state index in [0.29, 0.717) is 30.6 Å². The van der Waals surface area contributed by atoms with Crippen molar-refractivity contribution in [2.75, 3.05) is 26.2 Å². The van der Waals surface area contributed by atoms with E-state index in [1.54, 1.807) is 4.90 Å². The molecule has 0 atom stereocenters. The van der Waals surface area contributed by atoms with Gasteiger partial charge in [-0.25, -0.2) is 9.18 Å². The number of halogens is 4. The Kier molecular flexibility index (Phi) is 8.55. The highest BCUT2D eigenvalue weighted by atomic mass is 19.4. The van der Waals surface area contributed by atoms with Crippen molar-refractivity contribution in [1.29, 1.82) is 0 Å². The summed E-state index contributed by atoms with van der Waals surface area (Å²) in [5.41, 5.74) is 0.474. The third-order valence-corrected chi connectivity index (χ3v) is 6.85. The third-order valence-electron chi connectivity index (χ3n) is 6.85.